The number of carbonyl (C=O) groups is 1. The predicted molar refractivity (Wildman–Crippen MR) is 56.6 cm³/mol. The van der Waals surface area contributed by atoms with E-state index in [-0.39, 0.29) is 18.6 Å². The zero-order valence-electron chi connectivity index (χ0n) is 8.90. The average molecular weight is 240 g/mol. The van der Waals surface area contributed by atoms with Crippen LogP contribution in [0.1, 0.15) is 6.42 Å². The second-order valence-corrected chi connectivity index (χ2v) is 3.24. The van der Waals surface area contributed by atoms with Crippen molar-refractivity contribution in [1.82, 2.24) is 0 Å². The summed E-state index contributed by atoms with van der Waals surface area (Å²) in [5, 5.41) is 0. The lowest BCUT2D eigenvalue weighted by Gasteiger charge is -2.09. The van der Waals surface area contributed by atoms with Gasteiger partial charge in [-0.05, 0) is 12.2 Å². The molecule has 1 unspecified atom stereocenters. The Morgan fingerprint density at radius 2 is 2.35 bits per heavy atom. The minimum absolute atomic E-state index is 0.0287. The van der Waals surface area contributed by atoms with Crippen LogP contribution in [0.15, 0.2) is 36.2 Å². The van der Waals surface area contributed by atoms with Crippen molar-refractivity contribution in [1.29, 1.82) is 0 Å². The van der Waals surface area contributed by atoms with E-state index in [1.807, 2.05) is 0 Å². The van der Waals surface area contributed by atoms with E-state index in [2.05, 4.69) is 16.1 Å². The number of nitrogens with zero attached hydrogens (tertiary/aromatic N) is 2. The molecule has 4 nitrogen and oxygen atoms in total. The molecular formula is C11H10F2N2O2. The topological polar surface area (TPSA) is 62.7 Å². The van der Waals surface area contributed by atoms with Crippen molar-refractivity contribution in [2.24, 2.45) is 0 Å². The van der Waals surface area contributed by atoms with Crippen LogP contribution in [0.3, 0.4) is 0 Å². The number of rotatable bonds is 4. The van der Waals surface area contributed by atoms with Crippen molar-refractivity contribution in [3.8, 4) is 0 Å². The van der Waals surface area contributed by atoms with Crippen molar-refractivity contribution >= 4 is 11.7 Å². The Hall–Kier alpha value is -2.07. The van der Waals surface area contributed by atoms with Crippen LogP contribution < -0.4 is 0 Å². The van der Waals surface area contributed by atoms with E-state index in [0.29, 0.717) is 0 Å². The molecule has 0 fully saturated rings. The van der Waals surface area contributed by atoms with E-state index in [9.17, 15) is 13.6 Å². The van der Waals surface area contributed by atoms with Crippen molar-refractivity contribution < 1.29 is 23.1 Å². The summed E-state index contributed by atoms with van der Waals surface area (Å²) in [6, 6.07) is 0. The zero-order valence-corrected chi connectivity index (χ0v) is 8.90. The third kappa shape index (κ3) is 3.19. The van der Waals surface area contributed by atoms with E-state index >= 15 is 0 Å². The van der Waals surface area contributed by atoms with Crippen LogP contribution in [-0.2, 0) is 9.53 Å². The second-order valence-electron chi connectivity index (χ2n) is 3.24. The van der Waals surface area contributed by atoms with Crippen LogP contribution in [0, 0.1) is 0 Å². The van der Waals surface area contributed by atoms with Crippen molar-refractivity contribution in [2.45, 2.75) is 12.6 Å². The molecule has 0 aliphatic heterocycles. The van der Waals surface area contributed by atoms with Crippen LogP contribution in [0.25, 0.3) is 5.53 Å². The quantitative estimate of drug-likeness (QED) is 0.326. The fourth-order valence-electron chi connectivity index (χ4n) is 1.27. The number of allylic oxidation sites excluding steroid dienone is 3. The predicted octanol–water partition coefficient (Wildman–Crippen LogP) is 1.91. The van der Waals surface area contributed by atoms with Gasteiger partial charge in [0.2, 0.25) is 0 Å². The molecule has 0 aromatic carbocycles. The molecule has 0 aromatic rings. The number of alkyl halides is 1. The van der Waals surface area contributed by atoms with Gasteiger partial charge < -0.3 is 10.3 Å². The third-order valence-electron chi connectivity index (χ3n) is 2.06. The van der Waals surface area contributed by atoms with Crippen molar-refractivity contribution in [3.63, 3.8) is 0 Å². The van der Waals surface area contributed by atoms with Gasteiger partial charge in [-0.1, -0.05) is 12.7 Å². The summed E-state index contributed by atoms with van der Waals surface area (Å²) < 4.78 is 30.8. The summed E-state index contributed by atoms with van der Waals surface area (Å²) in [4.78, 5) is 13.9. The molecule has 0 heterocycles. The van der Waals surface area contributed by atoms with Crippen LogP contribution in [-0.4, -0.2) is 29.2 Å². The summed E-state index contributed by atoms with van der Waals surface area (Å²) in [5.74, 6) is -1.71. The van der Waals surface area contributed by atoms with E-state index in [1.54, 1.807) is 0 Å². The maximum atomic E-state index is 13.3. The highest BCUT2D eigenvalue weighted by Crippen LogP contribution is 2.21. The average Bonchev–Trinajstić information content (AvgIpc) is 2.32. The van der Waals surface area contributed by atoms with Gasteiger partial charge in [0.25, 0.3) is 6.17 Å². The normalized spacial score (nSPS) is 18.9. The minimum Gasteiger partial charge on any atom is -0.461 e. The summed E-state index contributed by atoms with van der Waals surface area (Å²) in [6.45, 7) is 3.39. The number of hydrogen-bond donors (Lipinski definition) is 0. The summed E-state index contributed by atoms with van der Waals surface area (Å²) >= 11 is 0. The molecular weight excluding hydrogens is 230 g/mol. The number of carbonyl (C=O) groups excluding carboxylic acids is 1. The molecule has 17 heavy (non-hydrogen) atoms. The van der Waals surface area contributed by atoms with Gasteiger partial charge in [0, 0.05) is 0 Å². The van der Waals surface area contributed by atoms with Gasteiger partial charge in [-0.3, -0.25) is 4.79 Å². The Morgan fingerprint density at radius 1 is 1.65 bits per heavy atom. The number of esters is 1. The Morgan fingerprint density at radius 3 is 2.94 bits per heavy atom. The van der Waals surface area contributed by atoms with Crippen LogP contribution in [0.5, 0.6) is 0 Å². The van der Waals surface area contributed by atoms with E-state index in [1.165, 1.54) is 12.2 Å². The summed E-state index contributed by atoms with van der Waals surface area (Å²) in [7, 11) is 0. The Bertz CT molecular complexity index is 448. The smallest absolute Gasteiger partial charge is 0.336 e. The minimum atomic E-state index is -2.15. The SMILES string of the molecule is C=CCOC(=O)CC1=CC=C(F)C(F)C1=[N+]=[N-]. The Kier molecular flexibility index (Phi) is 4.48. The first-order valence-corrected chi connectivity index (χ1v) is 4.79. The molecule has 1 rings (SSSR count). The van der Waals surface area contributed by atoms with Gasteiger partial charge in [0.05, 0.1) is 12.0 Å². The first-order chi connectivity index (χ1) is 8.10. The van der Waals surface area contributed by atoms with Gasteiger partial charge in [0.15, 0.2) is 0 Å². The molecule has 0 amide bonds. The van der Waals surface area contributed by atoms with Crippen LogP contribution in [0.2, 0.25) is 0 Å². The monoisotopic (exact) mass is 240 g/mol. The molecule has 0 saturated carbocycles. The molecule has 0 saturated heterocycles. The largest absolute Gasteiger partial charge is 0.461 e. The van der Waals surface area contributed by atoms with E-state index in [4.69, 9.17) is 5.53 Å². The standard InChI is InChI=1S/C11H10F2N2O2/c1-2-5-17-9(16)6-7-3-4-8(12)10(13)11(7)15-14/h2-4,10H,1,5-6H2. The lowest BCUT2D eigenvalue weighted by atomic mass is 9.97. The van der Waals surface area contributed by atoms with E-state index < -0.39 is 23.7 Å². The first kappa shape index (κ1) is 13.0. The lowest BCUT2D eigenvalue weighted by molar-refractivity contribution is -0.141. The van der Waals surface area contributed by atoms with Crippen LogP contribution >= 0.6 is 0 Å². The highest BCUT2D eigenvalue weighted by molar-refractivity contribution is 6.05. The molecule has 1 aliphatic rings. The summed E-state index contributed by atoms with van der Waals surface area (Å²) in [6.07, 6.45) is 1.00. The molecule has 0 aromatic heterocycles. The maximum Gasteiger partial charge on any atom is 0.336 e. The van der Waals surface area contributed by atoms with Gasteiger partial charge in [0.1, 0.15) is 12.4 Å². The fourth-order valence-corrected chi connectivity index (χ4v) is 1.27. The molecule has 0 radical (unpaired) electrons. The fraction of sp³-hybridized carbons (Fsp3) is 0.273. The lowest BCUT2D eigenvalue weighted by Crippen LogP contribution is -2.24. The molecule has 0 bridgehead atoms. The molecule has 0 spiro atoms. The highest BCUT2D eigenvalue weighted by Gasteiger charge is 2.34. The van der Waals surface area contributed by atoms with Gasteiger partial charge in [-0.2, -0.15) is 4.79 Å². The Labute approximate surface area is 96.5 Å². The number of ether oxygens (including phenoxy) is 1. The molecule has 0 N–H and O–H groups in total. The van der Waals surface area contributed by atoms with Crippen molar-refractivity contribution in [2.75, 3.05) is 6.61 Å². The molecule has 90 valence electrons. The molecule has 1 aliphatic carbocycles. The van der Waals surface area contributed by atoms with Crippen LogP contribution in [0.4, 0.5) is 8.78 Å². The number of halogens is 2. The first-order valence-electron chi connectivity index (χ1n) is 4.79. The highest BCUT2D eigenvalue weighted by atomic mass is 19.2. The Balaban J connectivity index is 2.79. The van der Waals surface area contributed by atoms with Gasteiger partial charge >= 0.3 is 11.7 Å². The van der Waals surface area contributed by atoms with Gasteiger partial charge in [-0.15, -0.1) is 0 Å². The third-order valence-corrected chi connectivity index (χ3v) is 2.06. The number of hydrogen-bond acceptors (Lipinski definition) is 2. The summed E-state index contributed by atoms with van der Waals surface area (Å²) in [5.41, 5.74) is 8.15. The zero-order chi connectivity index (χ0) is 12.8. The van der Waals surface area contributed by atoms with E-state index in [0.717, 1.165) is 6.08 Å². The second kappa shape index (κ2) is 5.86. The molecule has 1 atom stereocenters. The maximum absolute atomic E-state index is 13.3. The van der Waals surface area contributed by atoms with Crippen molar-refractivity contribution in [3.05, 3.63) is 41.7 Å². The molecule has 6 heteroatoms. The van der Waals surface area contributed by atoms with Gasteiger partial charge in [-0.25, -0.2) is 8.78 Å².